The van der Waals surface area contributed by atoms with E-state index in [1.807, 2.05) is 19.9 Å². The highest BCUT2D eigenvalue weighted by molar-refractivity contribution is 9.10. The number of hydrogen-bond donors (Lipinski definition) is 2. The summed E-state index contributed by atoms with van der Waals surface area (Å²) in [6.45, 7) is 4.57. The lowest BCUT2D eigenvalue weighted by atomic mass is 10.1. The molecule has 0 bridgehead atoms. The van der Waals surface area contributed by atoms with Crippen LogP contribution in [0.1, 0.15) is 31.0 Å². The van der Waals surface area contributed by atoms with Gasteiger partial charge in [0.05, 0.1) is 12.1 Å². The van der Waals surface area contributed by atoms with E-state index in [0.29, 0.717) is 6.54 Å². The van der Waals surface area contributed by atoms with Crippen LogP contribution in [-0.2, 0) is 11.3 Å². The van der Waals surface area contributed by atoms with Gasteiger partial charge in [-0.1, -0.05) is 6.92 Å². The van der Waals surface area contributed by atoms with Crippen LogP contribution in [0.5, 0.6) is 0 Å². The number of rotatable bonds is 6. The summed E-state index contributed by atoms with van der Waals surface area (Å²) in [6.07, 6.45) is 2.69. The van der Waals surface area contributed by atoms with Gasteiger partial charge >= 0.3 is 5.97 Å². The van der Waals surface area contributed by atoms with Crippen molar-refractivity contribution in [2.45, 2.75) is 39.3 Å². The molecule has 5 heteroatoms. The number of halogens is 1. The molecule has 1 aromatic rings. The summed E-state index contributed by atoms with van der Waals surface area (Å²) in [7, 11) is 0. The highest BCUT2D eigenvalue weighted by Crippen LogP contribution is 2.13. The minimum atomic E-state index is -0.773. The van der Waals surface area contributed by atoms with Crippen LogP contribution >= 0.6 is 15.9 Å². The highest BCUT2D eigenvalue weighted by atomic mass is 79.9. The predicted molar refractivity (Wildman–Crippen MR) is 69.8 cm³/mol. The SMILES string of the molecule is CC[C@H](CC(=O)O)NCc1ncc(Br)cc1C. The van der Waals surface area contributed by atoms with Crippen molar-refractivity contribution in [3.05, 3.63) is 28.0 Å². The van der Waals surface area contributed by atoms with E-state index in [1.165, 1.54) is 0 Å². The molecule has 17 heavy (non-hydrogen) atoms. The van der Waals surface area contributed by atoms with Gasteiger partial charge in [-0.15, -0.1) is 0 Å². The molecular weight excluding hydrogens is 284 g/mol. The maximum absolute atomic E-state index is 10.6. The molecule has 0 spiro atoms. The zero-order valence-electron chi connectivity index (χ0n) is 10.0. The largest absolute Gasteiger partial charge is 0.481 e. The van der Waals surface area contributed by atoms with Crippen LogP contribution < -0.4 is 5.32 Å². The minimum Gasteiger partial charge on any atom is -0.481 e. The number of nitrogens with one attached hydrogen (secondary N) is 1. The summed E-state index contributed by atoms with van der Waals surface area (Å²) in [5.41, 5.74) is 2.05. The fourth-order valence-corrected chi connectivity index (χ4v) is 2.01. The third kappa shape index (κ3) is 4.83. The first-order chi connectivity index (χ1) is 8.02. The summed E-state index contributed by atoms with van der Waals surface area (Å²) >= 11 is 3.36. The van der Waals surface area contributed by atoms with Crippen LogP contribution in [-0.4, -0.2) is 22.1 Å². The first-order valence-corrected chi connectivity index (χ1v) is 6.38. The third-order valence-corrected chi connectivity index (χ3v) is 3.06. The predicted octanol–water partition coefficient (Wildman–Crippen LogP) is 2.50. The Hall–Kier alpha value is -0.940. The molecule has 0 aliphatic heterocycles. The van der Waals surface area contributed by atoms with Crippen LogP contribution in [0.4, 0.5) is 0 Å². The summed E-state index contributed by atoms with van der Waals surface area (Å²) < 4.78 is 0.955. The Kier molecular flexibility index (Phi) is 5.58. The Balaban J connectivity index is 2.56. The number of carbonyl (C=O) groups is 1. The normalized spacial score (nSPS) is 12.4. The van der Waals surface area contributed by atoms with E-state index < -0.39 is 5.97 Å². The maximum atomic E-state index is 10.6. The van der Waals surface area contributed by atoms with Crippen LogP contribution in [0.25, 0.3) is 0 Å². The Labute approximate surface area is 110 Å². The molecule has 94 valence electrons. The van der Waals surface area contributed by atoms with Crippen molar-refractivity contribution in [2.75, 3.05) is 0 Å². The molecule has 0 unspecified atom stereocenters. The van der Waals surface area contributed by atoms with Gasteiger partial charge in [-0.3, -0.25) is 9.78 Å². The van der Waals surface area contributed by atoms with E-state index in [4.69, 9.17) is 5.11 Å². The van der Waals surface area contributed by atoms with Gasteiger partial charge in [-0.05, 0) is 40.9 Å². The van der Waals surface area contributed by atoms with Gasteiger partial charge in [0.15, 0.2) is 0 Å². The van der Waals surface area contributed by atoms with Crippen LogP contribution in [0.3, 0.4) is 0 Å². The highest BCUT2D eigenvalue weighted by Gasteiger charge is 2.11. The van der Waals surface area contributed by atoms with Crippen LogP contribution in [0.2, 0.25) is 0 Å². The van der Waals surface area contributed by atoms with E-state index in [-0.39, 0.29) is 12.5 Å². The van der Waals surface area contributed by atoms with Crippen molar-refractivity contribution < 1.29 is 9.90 Å². The van der Waals surface area contributed by atoms with Crippen molar-refractivity contribution in [1.82, 2.24) is 10.3 Å². The molecule has 0 fully saturated rings. The van der Waals surface area contributed by atoms with Gasteiger partial charge in [0.1, 0.15) is 0 Å². The molecule has 0 saturated heterocycles. The van der Waals surface area contributed by atoms with Gasteiger partial charge in [0, 0.05) is 23.3 Å². The summed E-state index contributed by atoms with van der Waals surface area (Å²) in [5.74, 6) is -0.773. The number of aryl methyl sites for hydroxylation is 1. The molecule has 1 atom stereocenters. The van der Waals surface area contributed by atoms with Crippen molar-refractivity contribution in [3.8, 4) is 0 Å². The Morgan fingerprint density at radius 1 is 1.65 bits per heavy atom. The zero-order valence-corrected chi connectivity index (χ0v) is 11.6. The van der Waals surface area contributed by atoms with Crippen molar-refractivity contribution >= 4 is 21.9 Å². The molecular formula is C12H17BrN2O2. The summed E-state index contributed by atoms with van der Waals surface area (Å²) in [6, 6.07) is 2.00. The zero-order chi connectivity index (χ0) is 12.8. The average molecular weight is 301 g/mol. The smallest absolute Gasteiger partial charge is 0.304 e. The van der Waals surface area contributed by atoms with E-state index >= 15 is 0 Å². The third-order valence-electron chi connectivity index (χ3n) is 2.63. The second kappa shape index (κ2) is 6.71. The van der Waals surface area contributed by atoms with Gasteiger partial charge in [0.2, 0.25) is 0 Å². The van der Waals surface area contributed by atoms with Crippen LogP contribution in [0, 0.1) is 6.92 Å². The van der Waals surface area contributed by atoms with Gasteiger partial charge in [-0.2, -0.15) is 0 Å². The van der Waals surface area contributed by atoms with Crippen LogP contribution in [0.15, 0.2) is 16.7 Å². The fraction of sp³-hybridized carbons (Fsp3) is 0.500. The molecule has 4 nitrogen and oxygen atoms in total. The number of hydrogen-bond acceptors (Lipinski definition) is 3. The first-order valence-electron chi connectivity index (χ1n) is 5.59. The van der Waals surface area contributed by atoms with E-state index in [2.05, 4.69) is 26.2 Å². The van der Waals surface area contributed by atoms with Crippen molar-refractivity contribution in [3.63, 3.8) is 0 Å². The Bertz CT molecular complexity index is 396. The molecule has 1 aromatic heterocycles. The lowest BCUT2D eigenvalue weighted by Crippen LogP contribution is -2.30. The fourth-order valence-electron chi connectivity index (χ4n) is 1.57. The molecule has 0 radical (unpaired) electrons. The molecule has 1 rings (SSSR count). The topological polar surface area (TPSA) is 62.2 Å². The number of aliphatic carboxylic acids is 1. The first kappa shape index (κ1) is 14.1. The number of pyridine rings is 1. The van der Waals surface area contributed by atoms with Gasteiger partial charge in [0.25, 0.3) is 0 Å². The van der Waals surface area contributed by atoms with Crippen molar-refractivity contribution in [2.24, 2.45) is 0 Å². The molecule has 0 amide bonds. The molecule has 0 saturated carbocycles. The molecule has 0 aromatic carbocycles. The van der Waals surface area contributed by atoms with Gasteiger partial charge < -0.3 is 10.4 Å². The monoisotopic (exact) mass is 300 g/mol. The number of aromatic nitrogens is 1. The standard InChI is InChI=1S/C12H17BrN2O2/c1-3-10(5-12(16)17)14-7-11-8(2)4-9(13)6-15-11/h4,6,10,14H,3,5,7H2,1-2H3,(H,16,17)/t10-/m1/s1. The number of carboxylic acids is 1. The van der Waals surface area contributed by atoms with E-state index in [9.17, 15) is 4.79 Å². The minimum absolute atomic E-state index is 0.00246. The number of carboxylic acid groups (broad SMARTS) is 1. The lowest BCUT2D eigenvalue weighted by molar-refractivity contribution is -0.137. The maximum Gasteiger partial charge on any atom is 0.304 e. The second-order valence-corrected chi connectivity index (χ2v) is 4.92. The van der Waals surface area contributed by atoms with Crippen molar-refractivity contribution in [1.29, 1.82) is 0 Å². The molecule has 1 heterocycles. The van der Waals surface area contributed by atoms with E-state index in [1.54, 1.807) is 6.20 Å². The van der Waals surface area contributed by atoms with Gasteiger partial charge in [-0.25, -0.2) is 0 Å². The Morgan fingerprint density at radius 3 is 2.88 bits per heavy atom. The quantitative estimate of drug-likeness (QED) is 0.847. The van der Waals surface area contributed by atoms with E-state index in [0.717, 1.165) is 22.2 Å². The number of nitrogens with zero attached hydrogens (tertiary/aromatic N) is 1. The lowest BCUT2D eigenvalue weighted by Gasteiger charge is -2.15. The molecule has 0 aliphatic carbocycles. The molecule has 0 aliphatic rings. The summed E-state index contributed by atoms with van der Waals surface area (Å²) in [5, 5.41) is 12.0. The Morgan fingerprint density at radius 2 is 2.35 bits per heavy atom. The second-order valence-electron chi connectivity index (χ2n) is 4.00. The molecule has 2 N–H and O–H groups in total. The average Bonchev–Trinajstić information content (AvgIpc) is 2.25. The summed E-state index contributed by atoms with van der Waals surface area (Å²) in [4.78, 5) is 14.9.